The van der Waals surface area contributed by atoms with Crippen LogP contribution >= 0.6 is 0 Å². The number of aliphatic hydroxyl groups excluding tert-OH is 1. The fourth-order valence-electron chi connectivity index (χ4n) is 2.59. The fourth-order valence-corrected chi connectivity index (χ4v) is 2.59. The normalized spacial score (nSPS) is 12.0. The summed E-state index contributed by atoms with van der Waals surface area (Å²) in [4.78, 5) is 29.2. The van der Waals surface area contributed by atoms with Crippen molar-refractivity contribution < 1.29 is 24.6 Å². The minimum absolute atomic E-state index is 0.135. The standard InChI is InChI=1S/C19H21NO5/c1-3-20(16(12-21)18(22)23)25-19(24)17-13(2)8-7-11-15(17)14-9-5-4-6-10-14/h4-11,16,21H,3,12H2,1-2H3,(H,22,23)/t16-/m0/s1. The Kier molecular flexibility index (Phi) is 6.27. The van der Waals surface area contributed by atoms with Crippen molar-refractivity contribution in [2.45, 2.75) is 19.9 Å². The van der Waals surface area contributed by atoms with Crippen molar-refractivity contribution in [3.63, 3.8) is 0 Å². The smallest absolute Gasteiger partial charge is 0.357 e. The van der Waals surface area contributed by atoms with Crippen molar-refractivity contribution in [3.05, 3.63) is 59.7 Å². The molecule has 132 valence electrons. The third kappa shape index (κ3) is 4.23. The lowest BCUT2D eigenvalue weighted by atomic mass is 9.96. The summed E-state index contributed by atoms with van der Waals surface area (Å²) in [6.45, 7) is 2.92. The molecule has 2 N–H and O–H groups in total. The largest absolute Gasteiger partial charge is 0.480 e. The van der Waals surface area contributed by atoms with E-state index in [0.29, 0.717) is 11.1 Å². The van der Waals surface area contributed by atoms with Crippen LogP contribution in [-0.2, 0) is 9.63 Å². The topological polar surface area (TPSA) is 87.1 Å². The van der Waals surface area contributed by atoms with E-state index in [1.54, 1.807) is 19.9 Å². The number of benzene rings is 2. The summed E-state index contributed by atoms with van der Waals surface area (Å²) in [5.74, 6) is -1.91. The van der Waals surface area contributed by atoms with Gasteiger partial charge >= 0.3 is 11.9 Å². The Balaban J connectivity index is 2.38. The van der Waals surface area contributed by atoms with Crippen LogP contribution < -0.4 is 0 Å². The monoisotopic (exact) mass is 343 g/mol. The maximum absolute atomic E-state index is 12.7. The highest BCUT2D eigenvalue weighted by Crippen LogP contribution is 2.27. The number of nitrogens with zero attached hydrogens (tertiary/aromatic N) is 1. The van der Waals surface area contributed by atoms with Gasteiger partial charge < -0.3 is 15.1 Å². The Morgan fingerprint density at radius 2 is 1.80 bits per heavy atom. The van der Waals surface area contributed by atoms with E-state index in [1.807, 2.05) is 42.5 Å². The first-order valence-corrected chi connectivity index (χ1v) is 7.97. The molecule has 0 saturated carbocycles. The van der Waals surface area contributed by atoms with Crippen LogP contribution in [0.5, 0.6) is 0 Å². The van der Waals surface area contributed by atoms with Crippen molar-refractivity contribution in [1.29, 1.82) is 0 Å². The second kappa shape index (κ2) is 8.41. The molecular weight excluding hydrogens is 322 g/mol. The number of aryl methyl sites for hydroxylation is 1. The zero-order valence-corrected chi connectivity index (χ0v) is 14.2. The van der Waals surface area contributed by atoms with Crippen LogP contribution in [0.25, 0.3) is 11.1 Å². The molecule has 0 unspecified atom stereocenters. The van der Waals surface area contributed by atoms with Crippen LogP contribution in [0, 0.1) is 6.92 Å². The maximum Gasteiger partial charge on any atom is 0.357 e. The zero-order chi connectivity index (χ0) is 18.4. The minimum Gasteiger partial charge on any atom is -0.480 e. The Morgan fingerprint density at radius 3 is 2.36 bits per heavy atom. The van der Waals surface area contributed by atoms with Crippen LogP contribution in [0.15, 0.2) is 48.5 Å². The van der Waals surface area contributed by atoms with Crippen LogP contribution in [0.2, 0.25) is 0 Å². The molecule has 0 heterocycles. The van der Waals surface area contributed by atoms with E-state index >= 15 is 0 Å². The number of aliphatic hydroxyl groups is 1. The highest BCUT2D eigenvalue weighted by molar-refractivity contribution is 5.98. The van der Waals surface area contributed by atoms with Gasteiger partial charge in [-0.15, -0.1) is 5.06 Å². The van der Waals surface area contributed by atoms with Gasteiger partial charge in [0.2, 0.25) is 0 Å². The molecule has 0 amide bonds. The van der Waals surface area contributed by atoms with Gasteiger partial charge in [0, 0.05) is 6.54 Å². The molecule has 0 aliphatic rings. The SMILES string of the molecule is CCN(OC(=O)c1c(C)cccc1-c1ccccc1)[C@@H](CO)C(=O)O. The first kappa shape index (κ1) is 18.6. The van der Waals surface area contributed by atoms with Gasteiger partial charge in [-0.3, -0.25) is 4.79 Å². The minimum atomic E-state index is -1.31. The number of carbonyl (C=O) groups excluding carboxylic acids is 1. The van der Waals surface area contributed by atoms with Gasteiger partial charge in [0.25, 0.3) is 0 Å². The molecule has 25 heavy (non-hydrogen) atoms. The van der Waals surface area contributed by atoms with Crippen LogP contribution in [0.1, 0.15) is 22.8 Å². The molecule has 0 radical (unpaired) electrons. The third-order valence-corrected chi connectivity index (χ3v) is 3.88. The van der Waals surface area contributed by atoms with Crippen molar-refractivity contribution in [1.82, 2.24) is 5.06 Å². The van der Waals surface area contributed by atoms with Crippen molar-refractivity contribution in [2.24, 2.45) is 0 Å². The summed E-state index contributed by atoms with van der Waals surface area (Å²) in [6, 6.07) is 13.5. The number of rotatable bonds is 7. The second-order valence-corrected chi connectivity index (χ2v) is 5.51. The highest BCUT2D eigenvalue weighted by Gasteiger charge is 2.29. The van der Waals surface area contributed by atoms with E-state index in [-0.39, 0.29) is 6.54 Å². The molecule has 2 rings (SSSR count). The predicted molar refractivity (Wildman–Crippen MR) is 92.9 cm³/mol. The van der Waals surface area contributed by atoms with E-state index in [0.717, 1.165) is 16.2 Å². The maximum atomic E-state index is 12.7. The molecule has 0 aromatic heterocycles. The molecule has 6 nitrogen and oxygen atoms in total. The Morgan fingerprint density at radius 1 is 1.12 bits per heavy atom. The number of likely N-dealkylation sites (N-methyl/N-ethyl adjacent to an activating group) is 1. The molecule has 2 aromatic carbocycles. The number of hydrogen-bond acceptors (Lipinski definition) is 5. The van der Waals surface area contributed by atoms with E-state index in [9.17, 15) is 14.7 Å². The summed E-state index contributed by atoms with van der Waals surface area (Å²) in [5.41, 5.74) is 2.66. The molecule has 0 spiro atoms. The molecule has 0 bridgehead atoms. The van der Waals surface area contributed by atoms with E-state index in [2.05, 4.69) is 0 Å². The first-order chi connectivity index (χ1) is 12.0. The van der Waals surface area contributed by atoms with Gasteiger partial charge in [-0.2, -0.15) is 0 Å². The average molecular weight is 343 g/mol. The second-order valence-electron chi connectivity index (χ2n) is 5.51. The van der Waals surface area contributed by atoms with Crippen molar-refractivity contribution in [3.8, 4) is 11.1 Å². The van der Waals surface area contributed by atoms with E-state index in [1.165, 1.54) is 0 Å². The van der Waals surface area contributed by atoms with Crippen LogP contribution in [0.3, 0.4) is 0 Å². The van der Waals surface area contributed by atoms with Crippen molar-refractivity contribution in [2.75, 3.05) is 13.2 Å². The Labute approximate surface area is 146 Å². The Hall–Kier alpha value is -2.70. The summed E-state index contributed by atoms with van der Waals surface area (Å²) >= 11 is 0. The van der Waals surface area contributed by atoms with Gasteiger partial charge in [-0.25, -0.2) is 4.79 Å². The molecule has 6 heteroatoms. The van der Waals surface area contributed by atoms with Gasteiger partial charge in [-0.1, -0.05) is 48.5 Å². The molecular formula is C19H21NO5. The van der Waals surface area contributed by atoms with Gasteiger partial charge in [0.05, 0.1) is 12.2 Å². The summed E-state index contributed by atoms with van der Waals surface area (Å²) in [7, 11) is 0. The average Bonchev–Trinajstić information content (AvgIpc) is 2.61. The lowest BCUT2D eigenvalue weighted by Crippen LogP contribution is -2.44. The van der Waals surface area contributed by atoms with Gasteiger partial charge in [0.15, 0.2) is 6.04 Å². The molecule has 0 aliphatic heterocycles. The highest BCUT2D eigenvalue weighted by atomic mass is 16.7. The zero-order valence-electron chi connectivity index (χ0n) is 14.2. The number of carboxylic acids is 1. The number of aliphatic carboxylic acids is 1. The van der Waals surface area contributed by atoms with Gasteiger partial charge in [-0.05, 0) is 30.5 Å². The molecule has 1 atom stereocenters. The quantitative estimate of drug-likeness (QED) is 0.751. The summed E-state index contributed by atoms with van der Waals surface area (Å²) in [5, 5.41) is 19.4. The predicted octanol–water partition coefficient (Wildman–Crippen LogP) is 2.50. The van der Waals surface area contributed by atoms with E-state index < -0.39 is 24.6 Å². The molecule has 0 fully saturated rings. The first-order valence-electron chi connectivity index (χ1n) is 7.97. The Bertz CT molecular complexity index is 745. The lowest BCUT2D eigenvalue weighted by Gasteiger charge is -2.25. The summed E-state index contributed by atoms with van der Waals surface area (Å²) in [6.07, 6.45) is 0. The summed E-state index contributed by atoms with van der Waals surface area (Å²) < 4.78 is 0. The molecule has 0 aliphatic carbocycles. The van der Waals surface area contributed by atoms with Crippen LogP contribution in [-0.4, -0.2) is 46.4 Å². The number of hydroxylamine groups is 2. The van der Waals surface area contributed by atoms with E-state index in [4.69, 9.17) is 9.94 Å². The molecule has 2 aromatic rings. The van der Waals surface area contributed by atoms with Crippen molar-refractivity contribution >= 4 is 11.9 Å². The van der Waals surface area contributed by atoms with Gasteiger partial charge in [0.1, 0.15) is 0 Å². The lowest BCUT2D eigenvalue weighted by molar-refractivity contribution is -0.175. The van der Waals surface area contributed by atoms with Crippen LogP contribution in [0.4, 0.5) is 0 Å². The fraction of sp³-hybridized carbons (Fsp3) is 0.263. The number of carboxylic acid groups (broad SMARTS) is 1. The number of carbonyl (C=O) groups is 2. The number of hydrogen-bond donors (Lipinski definition) is 2. The molecule has 0 saturated heterocycles. The third-order valence-electron chi connectivity index (χ3n) is 3.88.